The number of aliphatic carboxylic acids is 1. The second kappa shape index (κ2) is 3.30. The highest BCUT2D eigenvalue weighted by Gasteiger charge is 2.10. The normalized spacial score (nSPS) is 9.92. The average molecular weight is 186 g/mol. The fraction of sp³-hybridized carbons (Fsp3) is 0.125. The Bertz CT molecular complexity index is 348. The molecular weight excluding hydrogens is 179 g/mol. The molecule has 0 unspecified atom stereocenters. The summed E-state index contributed by atoms with van der Waals surface area (Å²) in [7, 11) is 0. The van der Waals surface area contributed by atoms with Crippen LogP contribution in [-0.4, -0.2) is 21.3 Å². The highest BCUT2D eigenvalue weighted by Crippen LogP contribution is 2.27. The minimum atomic E-state index is -1.20. The van der Waals surface area contributed by atoms with Crippen molar-refractivity contribution in [3.63, 3.8) is 0 Å². The van der Waals surface area contributed by atoms with Crippen LogP contribution in [0.15, 0.2) is 12.1 Å². The van der Waals surface area contributed by atoms with E-state index in [1.807, 2.05) is 0 Å². The second-order valence-corrected chi connectivity index (χ2v) is 2.50. The Morgan fingerprint density at radius 1 is 1.31 bits per heavy atom. The van der Waals surface area contributed by atoms with Gasteiger partial charge in [-0.3, -0.25) is 4.79 Å². The fourth-order valence-electron chi connectivity index (χ4n) is 0.893. The fourth-order valence-corrected chi connectivity index (χ4v) is 0.893. The number of hydrogen-bond acceptors (Lipinski definition) is 3. The summed E-state index contributed by atoms with van der Waals surface area (Å²) in [5.41, 5.74) is -0.164. The molecule has 0 bridgehead atoms. The first-order chi connectivity index (χ1) is 6.00. The summed E-state index contributed by atoms with van der Waals surface area (Å²) in [6.07, 6.45) is -0.528. The molecule has 0 aliphatic heterocycles. The molecule has 1 rings (SSSR count). The van der Waals surface area contributed by atoms with Crippen LogP contribution in [0.4, 0.5) is 4.39 Å². The van der Waals surface area contributed by atoms with Crippen molar-refractivity contribution in [3.8, 4) is 11.5 Å². The first-order valence-electron chi connectivity index (χ1n) is 3.43. The molecule has 13 heavy (non-hydrogen) atoms. The van der Waals surface area contributed by atoms with Crippen molar-refractivity contribution in [2.75, 3.05) is 0 Å². The maximum atomic E-state index is 12.9. The molecule has 0 saturated heterocycles. The number of carboxylic acid groups (broad SMARTS) is 1. The Kier molecular flexibility index (Phi) is 2.36. The van der Waals surface area contributed by atoms with E-state index in [9.17, 15) is 9.18 Å². The minimum Gasteiger partial charge on any atom is -0.504 e. The molecule has 1 aromatic rings. The predicted molar refractivity (Wildman–Crippen MR) is 41.1 cm³/mol. The van der Waals surface area contributed by atoms with Crippen LogP contribution < -0.4 is 0 Å². The van der Waals surface area contributed by atoms with Crippen LogP contribution in [0.3, 0.4) is 0 Å². The molecule has 0 saturated carbocycles. The van der Waals surface area contributed by atoms with Gasteiger partial charge in [0.15, 0.2) is 11.5 Å². The van der Waals surface area contributed by atoms with Crippen molar-refractivity contribution in [2.24, 2.45) is 0 Å². The van der Waals surface area contributed by atoms with E-state index in [-0.39, 0.29) is 5.56 Å². The van der Waals surface area contributed by atoms with Crippen molar-refractivity contribution >= 4 is 5.97 Å². The zero-order valence-corrected chi connectivity index (χ0v) is 6.49. The molecule has 0 atom stereocenters. The molecule has 0 spiro atoms. The summed E-state index contributed by atoms with van der Waals surface area (Å²) in [4.78, 5) is 10.2. The molecule has 0 aliphatic rings. The van der Waals surface area contributed by atoms with Gasteiger partial charge in [0.05, 0.1) is 6.42 Å². The Labute approximate surface area is 72.9 Å². The summed E-state index contributed by atoms with van der Waals surface area (Å²) in [6.45, 7) is 0. The topological polar surface area (TPSA) is 77.8 Å². The molecule has 70 valence electrons. The van der Waals surface area contributed by atoms with Gasteiger partial charge in [-0.1, -0.05) is 0 Å². The molecular formula is C8H7FO4. The zero-order valence-electron chi connectivity index (χ0n) is 6.49. The number of halogens is 1. The maximum absolute atomic E-state index is 12.9. The van der Waals surface area contributed by atoms with E-state index < -0.39 is 29.7 Å². The van der Waals surface area contributed by atoms with Gasteiger partial charge in [-0.2, -0.15) is 0 Å². The molecule has 4 nitrogen and oxygen atoms in total. The van der Waals surface area contributed by atoms with Crippen LogP contribution in [0.25, 0.3) is 0 Å². The molecule has 0 amide bonds. The van der Waals surface area contributed by atoms with E-state index >= 15 is 0 Å². The SMILES string of the molecule is O=C(O)Cc1cc(O)c(O)cc1F. The summed E-state index contributed by atoms with van der Waals surface area (Å²) < 4.78 is 12.9. The van der Waals surface area contributed by atoms with Gasteiger partial charge in [-0.05, 0) is 6.07 Å². The van der Waals surface area contributed by atoms with Crippen LogP contribution >= 0.6 is 0 Å². The van der Waals surface area contributed by atoms with Gasteiger partial charge < -0.3 is 15.3 Å². The first kappa shape index (κ1) is 9.31. The van der Waals surface area contributed by atoms with Crippen molar-refractivity contribution < 1.29 is 24.5 Å². The quantitative estimate of drug-likeness (QED) is 0.598. The lowest BCUT2D eigenvalue weighted by Gasteiger charge is -2.02. The van der Waals surface area contributed by atoms with E-state index in [2.05, 4.69) is 0 Å². The molecule has 5 heteroatoms. The first-order valence-corrected chi connectivity index (χ1v) is 3.43. The van der Waals surface area contributed by atoms with E-state index in [1.165, 1.54) is 0 Å². The number of hydrogen-bond donors (Lipinski definition) is 3. The average Bonchev–Trinajstić information content (AvgIpc) is 1.99. The van der Waals surface area contributed by atoms with Crippen molar-refractivity contribution in [1.29, 1.82) is 0 Å². The van der Waals surface area contributed by atoms with Gasteiger partial charge in [0.2, 0.25) is 0 Å². The third-order valence-electron chi connectivity index (χ3n) is 1.49. The molecule has 0 fully saturated rings. The highest BCUT2D eigenvalue weighted by molar-refractivity contribution is 5.70. The van der Waals surface area contributed by atoms with Gasteiger partial charge >= 0.3 is 5.97 Å². The molecule has 1 aromatic carbocycles. The van der Waals surface area contributed by atoms with Gasteiger partial charge in [0.25, 0.3) is 0 Å². The van der Waals surface area contributed by atoms with E-state index in [0.29, 0.717) is 6.07 Å². The maximum Gasteiger partial charge on any atom is 0.307 e. The van der Waals surface area contributed by atoms with Gasteiger partial charge in [0.1, 0.15) is 5.82 Å². The van der Waals surface area contributed by atoms with Crippen molar-refractivity contribution in [2.45, 2.75) is 6.42 Å². The highest BCUT2D eigenvalue weighted by atomic mass is 19.1. The molecule has 3 N–H and O–H groups in total. The van der Waals surface area contributed by atoms with Crippen molar-refractivity contribution in [3.05, 3.63) is 23.5 Å². The minimum absolute atomic E-state index is 0.164. The van der Waals surface area contributed by atoms with Crippen LogP contribution in [0, 0.1) is 5.82 Å². The number of phenolic OH excluding ortho intramolecular Hbond substituents is 2. The van der Waals surface area contributed by atoms with E-state index in [1.54, 1.807) is 0 Å². The number of carbonyl (C=O) groups is 1. The Balaban J connectivity index is 3.08. The number of carboxylic acids is 1. The summed E-state index contributed by atoms with van der Waals surface area (Å²) in [5.74, 6) is -3.19. The van der Waals surface area contributed by atoms with Crippen LogP contribution in [0.5, 0.6) is 11.5 Å². The zero-order chi connectivity index (χ0) is 10.0. The largest absolute Gasteiger partial charge is 0.504 e. The molecule has 0 aliphatic carbocycles. The van der Waals surface area contributed by atoms with Crippen LogP contribution in [0.2, 0.25) is 0 Å². The third kappa shape index (κ3) is 2.08. The Hall–Kier alpha value is -1.78. The Morgan fingerprint density at radius 3 is 2.38 bits per heavy atom. The van der Waals surface area contributed by atoms with Crippen LogP contribution in [-0.2, 0) is 11.2 Å². The summed E-state index contributed by atoms with van der Waals surface area (Å²) in [6, 6.07) is 1.56. The van der Waals surface area contributed by atoms with Gasteiger partial charge in [-0.25, -0.2) is 4.39 Å². The third-order valence-corrected chi connectivity index (χ3v) is 1.49. The number of rotatable bonds is 2. The second-order valence-electron chi connectivity index (χ2n) is 2.50. The Morgan fingerprint density at radius 2 is 1.85 bits per heavy atom. The lowest BCUT2D eigenvalue weighted by atomic mass is 10.1. The lowest BCUT2D eigenvalue weighted by molar-refractivity contribution is -0.136. The molecule has 0 aromatic heterocycles. The number of phenols is 2. The monoisotopic (exact) mass is 186 g/mol. The molecule has 0 heterocycles. The van der Waals surface area contributed by atoms with Crippen molar-refractivity contribution in [1.82, 2.24) is 0 Å². The smallest absolute Gasteiger partial charge is 0.307 e. The number of benzene rings is 1. The standard InChI is InChI=1S/C8H7FO4/c9-5-3-7(11)6(10)1-4(5)2-8(12)13/h1,3,10-11H,2H2,(H,12,13). The van der Waals surface area contributed by atoms with Gasteiger partial charge in [-0.15, -0.1) is 0 Å². The summed E-state index contributed by atoms with van der Waals surface area (Å²) in [5, 5.41) is 26.1. The van der Waals surface area contributed by atoms with Crippen LogP contribution in [0.1, 0.15) is 5.56 Å². The van der Waals surface area contributed by atoms with Gasteiger partial charge in [0, 0.05) is 11.6 Å². The lowest BCUT2D eigenvalue weighted by Crippen LogP contribution is -2.02. The molecule has 0 radical (unpaired) electrons. The predicted octanol–water partition coefficient (Wildman–Crippen LogP) is 0.864. The number of aromatic hydroxyl groups is 2. The van der Waals surface area contributed by atoms with E-state index in [0.717, 1.165) is 6.07 Å². The van der Waals surface area contributed by atoms with E-state index in [4.69, 9.17) is 15.3 Å². The summed E-state index contributed by atoms with van der Waals surface area (Å²) >= 11 is 0.